The van der Waals surface area contributed by atoms with Crippen LogP contribution in [0.5, 0.6) is 0 Å². The lowest BCUT2D eigenvalue weighted by Gasteiger charge is -2.07. The van der Waals surface area contributed by atoms with Crippen molar-refractivity contribution >= 4 is 5.52 Å². The summed E-state index contributed by atoms with van der Waals surface area (Å²) in [5.41, 5.74) is 1.47. The van der Waals surface area contributed by atoms with Crippen molar-refractivity contribution in [2.24, 2.45) is 0 Å². The summed E-state index contributed by atoms with van der Waals surface area (Å²) in [6.07, 6.45) is 3.58. The van der Waals surface area contributed by atoms with Gasteiger partial charge in [-0.25, -0.2) is 4.52 Å². The maximum Gasteiger partial charge on any atom is 0.276 e. The number of hydrogen-bond donors (Lipinski definition) is 1. The van der Waals surface area contributed by atoms with Crippen LogP contribution in [0.4, 0.5) is 0 Å². The van der Waals surface area contributed by atoms with E-state index in [0.29, 0.717) is 18.7 Å². The Hall–Kier alpha value is -1.66. The predicted octanol–water partition coefficient (Wildman–Crippen LogP) is 0.431. The summed E-state index contributed by atoms with van der Waals surface area (Å²) in [4.78, 5) is 12.2. The van der Waals surface area contributed by atoms with Crippen molar-refractivity contribution in [1.82, 2.24) is 19.5 Å². The van der Waals surface area contributed by atoms with Crippen LogP contribution < -0.4 is 10.9 Å². The Balaban J connectivity index is 1.94. The van der Waals surface area contributed by atoms with Crippen LogP contribution >= 0.6 is 0 Å². The van der Waals surface area contributed by atoms with E-state index >= 15 is 0 Å². The van der Waals surface area contributed by atoms with Gasteiger partial charge in [0.05, 0.1) is 12.3 Å². The molecular weight excluding hydrogens is 244 g/mol. The number of aromatic nitrogens is 3. The van der Waals surface area contributed by atoms with Crippen molar-refractivity contribution in [1.29, 1.82) is 0 Å². The van der Waals surface area contributed by atoms with Crippen LogP contribution in [0.15, 0.2) is 23.3 Å². The van der Waals surface area contributed by atoms with Gasteiger partial charge in [-0.1, -0.05) is 0 Å². The van der Waals surface area contributed by atoms with Crippen LogP contribution in [0.2, 0.25) is 0 Å². The van der Waals surface area contributed by atoms with Gasteiger partial charge in [0.25, 0.3) is 5.56 Å². The first-order valence-electron chi connectivity index (χ1n) is 6.56. The molecule has 104 valence electrons. The number of fused-ring (bicyclic) bond motifs is 1. The molecule has 0 aliphatic heterocycles. The minimum Gasteiger partial charge on any atom is -0.380 e. The summed E-state index contributed by atoms with van der Waals surface area (Å²) >= 11 is 0. The summed E-state index contributed by atoms with van der Waals surface area (Å²) in [7, 11) is 0. The Labute approximate surface area is 112 Å². The molecule has 2 aromatic rings. The van der Waals surface area contributed by atoms with Gasteiger partial charge in [-0.3, -0.25) is 4.79 Å². The van der Waals surface area contributed by atoms with E-state index < -0.39 is 0 Å². The summed E-state index contributed by atoms with van der Waals surface area (Å²) in [5.74, 6) is 0. The van der Waals surface area contributed by atoms with Crippen molar-refractivity contribution in [3.63, 3.8) is 0 Å². The molecule has 0 saturated heterocycles. The van der Waals surface area contributed by atoms with Gasteiger partial charge in [0, 0.05) is 38.6 Å². The summed E-state index contributed by atoms with van der Waals surface area (Å²) in [6.45, 7) is 7.48. The first-order chi connectivity index (χ1) is 9.22. The van der Waals surface area contributed by atoms with E-state index in [1.807, 2.05) is 20.0 Å². The van der Waals surface area contributed by atoms with E-state index in [9.17, 15) is 4.79 Å². The average molecular weight is 264 g/mol. The van der Waals surface area contributed by atoms with Crippen LogP contribution in [0.3, 0.4) is 0 Å². The van der Waals surface area contributed by atoms with E-state index in [-0.39, 0.29) is 5.56 Å². The first-order valence-corrected chi connectivity index (χ1v) is 6.56. The van der Waals surface area contributed by atoms with Crippen molar-refractivity contribution in [2.75, 3.05) is 26.3 Å². The van der Waals surface area contributed by atoms with Crippen molar-refractivity contribution in [2.45, 2.75) is 20.4 Å². The highest BCUT2D eigenvalue weighted by Crippen LogP contribution is 1.99. The molecule has 0 amide bonds. The molecule has 2 rings (SSSR count). The molecule has 0 aliphatic carbocycles. The molecule has 0 bridgehead atoms. The Morgan fingerprint density at radius 3 is 3.00 bits per heavy atom. The summed E-state index contributed by atoms with van der Waals surface area (Å²) < 4.78 is 8.55. The normalized spacial score (nSPS) is 11.3. The Morgan fingerprint density at radius 1 is 1.37 bits per heavy atom. The molecule has 1 N–H and O–H groups in total. The zero-order valence-corrected chi connectivity index (χ0v) is 11.4. The molecule has 0 unspecified atom stereocenters. The molecule has 0 aliphatic rings. The van der Waals surface area contributed by atoms with Crippen LogP contribution in [0.25, 0.3) is 5.52 Å². The van der Waals surface area contributed by atoms with Gasteiger partial charge in [0.15, 0.2) is 0 Å². The molecule has 0 saturated carbocycles. The second kappa shape index (κ2) is 6.49. The molecule has 0 fully saturated rings. The largest absolute Gasteiger partial charge is 0.380 e. The monoisotopic (exact) mass is 264 g/mol. The predicted molar refractivity (Wildman–Crippen MR) is 73.6 cm³/mol. The smallest absolute Gasteiger partial charge is 0.276 e. The molecule has 2 aromatic heterocycles. The molecule has 19 heavy (non-hydrogen) atoms. The van der Waals surface area contributed by atoms with Crippen LogP contribution in [-0.4, -0.2) is 40.5 Å². The van der Waals surface area contributed by atoms with Gasteiger partial charge in [-0.2, -0.15) is 5.10 Å². The number of hydrogen-bond acceptors (Lipinski definition) is 4. The highest BCUT2D eigenvalue weighted by Gasteiger charge is 2.04. The SMILES string of the molecule is CCOCCNCCn1ccn2nc(C)cc2c1=O. The summed E-state index contributed by atoms with van der Waals surface area (Å²) in [5, 5.41) is 7.46. The highest BCUT2D eigenvalue weighted by molar-refractivity contribution is 5.44. The second-order valence-corrected chi connectivity index (χ2v) is 4.36. The maximum absolute atomic E-state index is 12.2. The number of nitrogens with one attached hydrogen (secondary N) is 1. The van der Waals surface area contributed by atoms with Crippen molar-refractivity contribution in [3.8, 4) is 0 Å². The number of nitrogens with zero attached hydrogens (tertiary/aromatic N) is 3. The Bertz CT molecular complexity index is 588. The van der Waals surface area contributed by atoms with Gasteiger partial charge in [0.1, 0.15) is 5.52 Å². The number of aryl methyl sites for hydroxylation is 1. The Morgan fingerprint density at radius 2 is 2.21 bits per heavy atom. The van der Waals surface area contributed by atoms with Gasteiger partial charge < -0.3 is 14.6 Å². The lowest BCUT2D eigenvalue weighted by Crippen LogP contribution is -2.29. The van der Waals surface area contributed by atoms with E-state index in [4.69, 9.17) is 4.74 Å². The average Bonchev–Trinajstić information content (AvgIpc) is 2.77. The highest BCUT2D eigenvalue weighted by atomic mass is 16.5. The van der Waals surface area contributed by atoms with Crippen LogP contribution in [0.1, 0.15) is 12.6 Å². The lowest BCUT2D eigenvalue weighted by molar-refractivity contribution is 0.149. The van der Waals surface area contributed by atoms with Crippen LogP contribution in [-0.2, 0) is 11.3 Å². The minimum absolute atomic E-state index is 0.00490. The third kappa shape index (κ3) is 3.42. The fraction of sp³-hybridized carbons (Fsp3) is 0.538. The van der Waals surface area contributed by atoms with E-state index in [2.05, 4.69) is 10.4 Å². The van der Waals surface area contributed by atoms with E-state index in [1.165, 1.54) is 0 Å². The summed E-state index contributed by atoms with van der Waals surface area (Å²) in [6, 6.07) is 1.81. The molecule has 0 radical (unpaired) electrons. The fourth-order valence-electron chi connectivity index (χ4n) is 1.94. The van der Waals surface area contributed by atoms with E-state index in [0.717, 1.165) is 25.4 Å². The second-order valence-electron chi connectivity index (χ2n) is 4.36. The minimum atomic E-state index is -0.00490. The van der Waals surface area contributed by atoms with Crippen molar-refractivity contribution in [3.05, 3.63) is 34.5 Å². The molecule has 6 heteroatoms. The van der Waals surface area contributed by atoms with Gasteiger partial charge in [-0.05, 0) is 19.9 Å². The molecule has 0 aromatic carbocycles. The third-order valence-corrected chi connectivity index (χ3v) is 2.88. The van der Waals surface area contributed by atoms with Crippen LogP contribution in [0, 0.1) is 6.92 Å². The molecular formula is C13H20N4O2. The van der Waals surface area contributed by atoms with Gasteiger partial charge >= 0.3 is 0 Å². The Kier molecular flexibility index (Phi) is 4.70. The zero-order valence-electron chi connectivity index (χ0n) is 11.4. The number of ether oxygens (including phenoxy) is 1. The third-order valence-electron chi connectivity index (χ3n) is 2.88. The molecule has 6 nitrogen and oxygen atoms in total. The molecule has 0 atom stereocenters. The zero-order chi connectivity index (χ0) is 13.7. The van der Waals surface area contributed by atoms with Gasteiger partial charge in [-0.15, -0.1) is 0 Å². The maximum atomic E-state index is 12.2. The number of rotatable bonds is 7. The molecule has 2 heterocycles. The molecule has 0 spiro atoms. The standard InChI is InChI=1S/C13H20N4O2/c1-3-19-9-5-14-4-6-16-7-8-17-12(13(16)18)10-11(2)15-17/h7-8,10,14H,3-6,9H2,1-2H3. The first kappa shape index (κ1) is 13.8. The lowest BCUT2D eigenvalue weighted by atomic mass is 10.4. The quantitative estimate of drug-likeness (QED) is 0.737. The van der Waals surface area contributed by atoms with Gasteiger partial charge in [0.2, 0.25) is 0 Å². The topological polar surface area (TPSA) is 60.6 Å². The van der Waals surface area contributed by atoms with E-state index in [1.54, 1.807) is 21.3 Å². The fourth-order valence-corrected chi connectivity index (χ4v) is 1.94. The van der Waals surface area contributed by atoms with Crippen molar-refractivity contribution < 1.29 is 4.74 Å².